The van der Waals surface area contributed by atoms with Crippen LogP contribution in [0.4, 0.5) is 0 Å². The number of hydrogen-bond acceptors (Lipinski definition) is 3. The largest absolute Gasteiger partial charge is 0.481 e. The first-order chi connectivity index (χ1) is 8.60. The van der Waals surface area contributed by atoms with Gasteiger partial charge in [-0.3, -0.25) is 4.79 Å². The van der Waals surface area contributed by atoms with E-state index in [9.17, 15) is 9.90 Å². The van der Waals surface area contributed by atoms with Crippen LogP contribution in [0.3, 0.4) is 0 Å². The van der Waals surface area contributed by atoms with E-state index in [-0.39, 0.29) is 5.60 Å². The number of H-pyrrole nitrogens is 1. The molecule has 1 fully saturated rings. The molecule has 1 aliphatic carbocycles. The molecule has 2 heterocycles. The Balaban J connectivity index is 1.98. The minimum absolute atomic E-state index is 0.361. The van der Waals surface area contributed by atoms with Crippen LogP contribution in [0, 0.1) is 0 Å². The number of carboxylic acid groups (broad SMARTS) is 1. The molecule has 5 nitrogen and oxygen atoms in total. The van der Waals surface area contributed by atoms with Crippen LogP contribution >= 0.6 is 0 Å². The maximum absolute atomic E-state index is 11.2. The first kappa shape index (κ1) is 11.7. The van der Waals surface area contributed by atoms with E-state index in [0.717, 1.165) is 49.5 Å². The molecule has 0 spiro atoms. The monoisotopic (exact) mass is 250 g/mol. The van der Waals surface area contributed by atoms with Crippen LogP contribution in [0.15, 0.2) is 0 Å². The van der Waals surface area contributed by atoms with Crippen molar-refractivity contribution in [3.8, 4) is 0 Å². The van der Waals surface area contributed by atoms with Gasteiger partial charge in [0.1, 0.15) is 17.3 Å². The molecule has 0 bridgehead atoms. The molecule has 2 unspecified atom stereocenters. The molecule has 5 heteroatoms. The van der Waals surface area contributed by atoms with E-state index in [0.29, 0.717) is 6.42 Å². The number of ether oxygens (including phenoxy) is 1. The Morgan fingerprint density at radius 1 is 1.56 bits per heavy atom. The van der Waals surface area contributed by atoms with Crippen LogP contribution in [0.5, 0.6) is 0 Å². The van der Waals surface area contributed by atoms with E-state index in [4.69, 9.17) is 4.74 Å². The summed E-state index contributed by atoms with van der Waals surface area (Å²) < 4.78 is 5.76. The van der Waals surface area contributed by atoms with Crippen molar-refractivity contribution >= 4 is 5.97 Å². The molecule has 0 amide bonds. The minimum Gasteiger partial charge on any atom is -0.481 e. The minimum atomic E-state index is -0.772. The van der Waals surface area contributed by atoms with Crippen molar-refractivity contribution in [2.45, 2.75) is 50.5 Å². The summed E-state index contributed by atoms with van der Waals surface area (Å²) in [5.41, 5.74) is 1.35. The van der Waals surface area contributed by atoms with Gasteiger partial charge in [0.05, 0.1) is 5.69 Å². The Labute approximate surface area is 106 Å². The summed E-state index contributed by atoms with van der Waals surface area (Å²) in [5, 5.41) is 9.24. The molecule has 2 atom stereocenters. The number of aryl methyl sites for hydroxylation is 1. The second kappa shape index (κ2) is 4.09. The lowest BCUT2D eigenvalue weighted by atomic mass is 9.90. The van der Waals surface area contributed by atoms with E-state index in [2.05, 4.69) is 9.97 Å². The first-order valence-electron chi connectivity index (χ1n) is 6.56. The molecular weight excluding hydrogens is 232 g/mol. The number of aromatic amines is 1. The zero-order chi connectivity index (χ0) is 12.8. The Hall–Kier alpha value is -1.36. The summed E-state index contributed by atoms with van der Waals surface area (Å²) in [5.74, 6) is -0.423. The van der Waals surface area contributed by atoms with Crippen LogP contribution in [0.2, 0.25) is 0 Å². The van der Waals surface area contributed by atoms with Gasteiger partial charge in [-0.15, -0.1) is 0 Å². The van der Waals surface area contributed by atoms with E-state index in [1.54, 1.807) is 0 Å². The Kier molecular flexibility index (Phi) is 2.66. The molecular formula is C13H18N2O3. The van der Waals surface area contributed by atoms with Gasteiger partial charge in [-0.05, 0) is 39.0 Å². The number of aliphatic carboxylic acids is 1. The summed E-state index contributed by atoms with van der Waals surface area (Å²) in [7, 11) is 0. The highest BCUT2D eigenvalue weighted by atomic mass is 16.5. The maximum Gasteiger partial charge on any atom is 0.312 e. The highest BCUT2D eigenvalue weighted by molar-refractivity contribution is 5.76. The van der Waals surface area contributed by atoms with Crippen molar-refractivity contribution in [1.29, 1.82) is 0 Å². The lowest BCUT2D eigenvalue weighted by Crippen LogP contribution is -2.22. The number of imidazole rings is 1. The molecule has 1 saturated heterocycles. The highest BCUT2D eigenvalue weighted by Crippen LogP contribution is 2.37. The standard InChI is InChI=1S/C13H18N2O3/c1-13(6-3-7-18-13)12-14-9-5-2-4-8(11(16)17)10(9)15-12/h8H,2-7H2,1H3,(H,14,15)(H,16,17). The fraction of sp³-hybridized carbons (Fsp3) is 0.692. The number of carboxylic acids is 1. The smallest absolute Gasteiger partial charge is 0.312 e. The molecule has 18 heavy (non-hydrogen) atoms. The van der Waals surface area contributed by atoms with Crippen molar-refractivity contribution in [1.82, 2.24) is 9.97 Å². The molecule has 2 N–H and O–H groups in total. The third-order valence-corrected chi connectivity index (χ3v) is 4.08. The quantitative estimate of drug-likeness (QED) is 0.841. The Morgan fingerprint density at radius 2 is 2.39 bits per heavy atom. The van der Waals surface area contributed by atoms with Gasteiger partial charge >= 0.3 is 5.97 Å². The summed E-state index contributed by atoms with van der Waals surface area (Å²) in [4.78, 5) is 19.1. The second-order valence-electron chi connectivity index (χ2n) is 5.42. The fourth-order valence-electron chi connectivity index (χ4n) is 2.98. The summed E-state index contributed by atoms with van der Waals surface area (Å²) in [6.45, 7) is 2.78. The molecule has 3 rings (SSSR count). The van der Waals surface area contributed by atoms with E-state index >= 15 is 0 Å². The van der Waals surface area contributed by atoms with Gasteiger partial charge in [0, 0.05) is 12.3 Å². The van der Waals surface area contributed by atoms with Gasteiger partial charge in [0.15, 0.2) is 0 Å². The number of rotatable bonds is 2. The lowest BCUT2D eigenvalue weighted by Gasteiger charge is -2.19. The number of fused-ring (bicyclic) bond motifs is 1. The van der Waals surface area contributed by atoms with Crippen molar-refractivity contribution in [3.05, 3.63) is 17.2 Å². The van der Waals surface area contributed by atoms with Gasteiger partial charge in [-0.2, -0.15) is 0 Å². The van der Waals surface area contributed by atoms with Crippen LogP contribution in [-0.4, -0.2) is 27.7 Å². The Morgan fingerprint density at radius 3 is 3.06 bits per heavy atom. The van der Waals surface area contributed by atoms with E-state index < -0.39 is 11.9 Å². The lowest BCUT2D eigenvalue weighted by molar-refractivity contribution is -0.139. The molecule has 1 aromatic heterocycles. The molecule has 1 aliphatic heterocycles. The zero-order valence-corrected chi connectivity index (χ0v) is 10.5. The van der Waals surface area contributed by atoms with Crippen molar-refractivity contribution in [2.24, 2.45) is 0 Å². The maximum atomic E-state index is 11.2. The van der Waals surface area contributed by atoms with Crippen LogP contribution in [0.25, 0.3) is 0 Å². The predicted molar refractivity (Wildman–Crippen MR) is 64.4 cm³/mol. The second-order valence-corrected chi connectivity index (χ2v) is 5.42. The summed E-state index contributed by atoms with van der Waals surface area (Å²) in [6, 6.07) is 0. The first-order valence-corrected chi connectivity index (χ1v) is 6.56. The SMILES string of the molecule is CC1(c2nc3c([nH]2)CCCC3C(=O)O)CCCO1. The predicted octanol–water partition coefficient (Wildman–Crippen LogP) is 1.94. The number of aromatic nitrogens is 2. The molecule has 2 aliphatic rings. The third kappa shape index (κ3) is 1.73. The molecule has 98 valence electrons. The topological polar surface area (TPSA) is 75.2 Å². The molecule has 0 radical (unpaired) electrons. The molecule has 1 aromatic rings. The van der Waals surface area contributed by atoms with Crippen molar-refractivity contribution in [2.75, 3.05) is 6.61 Å². The normalized spacial score (nSPS) is 31.3. The van der Waals surface area contributed by atoms with E-state index in [1.807, 2.05) is 6.92 Å². The van der Waals surface area contributed by atoms with Gasteiger partial charge in [-0.25, -0.2) is 4.98 Å². The summed E-state index contributed by atoms with van der Waals surface area (Å²) >= 11 is 0. The van der Waals surface area contributed by atoms with Crippen LogP contribution in [0.1, 0.15) is 55.7 Å². The fourth-order valence-corrected chi connectivity index (χ4v) is 2.98. The Bertz CT molecular complexity index is 475. The summed E-state index contributed by atoms with van der Waals surface area (Å²) in [6.07, 6.45) is 4.46. The average molecular weight is 250 g/mol. The van der Waals surface area contributed by atoms with Gasteiger partial charge < -0.3 is 14.8 Å². The van der Waals surface area contributed by atoms with Gasteiger partial charge in [0.25, 0.3) is 0 Å². The number of hydrogen-bond donors (Lipinski definition) is 2. The van der Waals surface area contributed by atoms with Crippen LogP contribution in [-0.2, 0) is 21.6 Å². The highest BCUT2D eigenvalue weighted by Gasteiger charge is 2.38. The molecule has 0 saturated carbocycles. The number of carbonyl (C=O) groups is 1. The third-order valence-electron chi connectivity index (χ3n) is 4.08. The average Bonchev–Trinajstić information content (AvgIpc) is 2.94. The van der Waals surface area contributed by atoms with Crippen molar-refractivity contribution in [3.63, 3.8) is 0 Å². The van der Waals surface area contributed by atoms with Crippen molar-refractivity contribution < 1.29 is 14.6 Å². The van der Waals surface area contributed by atoms with Crippen LogP contribution < -0.4 is 0 Å². The number of nitrogens with zero attached hydrogens (tertiary/aromatic N) is 1. The number of nitrogens with one attached hydrogen (secondary N) is 1. The molecule has 0 aromatic carbocycles. The van der Waals surface area contributed by atoms with E-state index in [1.165, 1.54) is 0 Å². The zero-order valence-electron chi connectivity index (χ0n) is 10.5. The van der Waals surface area contributed by atoms with Gasteiger partial charge in [0.2, 0.25) is 0 Å². The van der Waals surface area contributed by atoms with Gasteiger partial charge in [-0.1, -0.05) is 0 Å².